The molecule has 0 spiro atoms. The predicted octanol–water partition coefficient (Wildman–Crippen LogP) is 1.33. The van der Waals surface area contributed by atoms with Crippen LogP contribution in [0.25, 0.3) is 0 Å². The van der Waals surface area contributed by atoms with Crippen LogP contribution in [0.2, 0.25) is 0 Å². The van der Waals surface area contributed by atoms with Gasteiger partial charge in [0.25, 0.3) is 0 Å². The quantitative estimate of drug-likeness (QED) is 0.762. The van der Waals surface area contributed by atoms with Gasteiger partial charge in [0.15, 0.2) is 0 Å². The van der Waals surface area contributed by atoms with E-state index in [4.69, 9.17) is 10.5 Å². The summed E-state index contributed by atoms with van der Waals surface area (Å²) < 4.78 is 5.52. The third-order valence-electron chi connectivity index (χ3n) is 4.07. The fraction of sp³-hybridized carbons (Fsp3) is 0.923. The van der Waals surface area contributed by atoms with Crippen LogP contribution in [-0.4, -0.2) is 30.7 Å². The average Bonchev–Trinajstić information content (AvgIpc) is 2.98. The summed E-state index contributed by atoms with van der Waals surface area (Å²) in [4.78, 5) is 11.9. The third-order valence-corrected chi connectivity index (χ3v) is 4.07. The maximum Gasteiger partial charge on any atom is 0.220 e. The number of nitrogens with two attached hydrogens (primary N) is 1. The Morgan fingerprint density at radius 1 is 1.35 bits per heavy atom. The minimum absolute atomic E-state index is 0.104. The molecule has 1 aliphatic carbocycles. The minimum Gasteiger partial charge on any atom is -0.378 e. The maximum absolute atomic E-state index is 11.9. The van der Waals surface area contributed by atoms with Gasteiger partial charge in [0, 0.05) is 19.6 Å². The van der Waals surface area contributed by atoms with Crippen LogP contribution >= 0.6 is 0 Å². The molecule has 2 fully saturated rings. The van der Waals surface area contributed by atoms with Crippen LogP contribution < -0.4 is 11.1 Å². The van der Waals surface area contributed by atoms with Crippen molar-refractivity contribution in [2.45, 2.75) is 63.0 Å². The molecule has 1 saturated carbocycles. The Labute approximate surface area is 103 Å². The molecule has 1 atom stereocenters. The molecule has 2 rings (SSSR count). The van der Waals surface area contributed by atoms with Gasteiger partial charge in [0.2, 0.25) is 5.91 Å². The molecule has 17 heavy (non-hydrogen) atoms. The second-order valence-corrected chi connectivity index (χ2v) is 5.41. The fourth-order valence-corrected chi connectivity index (χ4v) is 2.95. The topological polar surface area (TPSA) is 64.3 Å². The van der Waals surface area contributed by atoms with E-state index >= 15 is 0 Å². The van der Waals surface area contributed by atoms with Crippen LogP contribution in [0, 0.1) is 0 Å². The molecule has 98 valence electrons. The molecule has 2 aliphatic rings. The van der Waals surface area contributed by atoms with E-state index in [1.165, 1.54) is 12.8 Å². The van der Waals surface area contributed by atoms with E-state index in [9.17, 15) is 4.79 Å². The van der Waals surface area contributed by atoms with E-state index in [1.54, 1.807) is 0 Å². The van der Waals surface area contributed by atoms with Gasteiger partial charge in [-0.15, -0.1) is 0 Å². The Morgan fingerprint density at radius 3 is 2.71 bits per heavy atom. The number of carbonyl (C=O) groups is 1. The van der Waals surface area contributed by atoms with E-state index in [1.807, 2.05) is 0 Å². The molecular formula is C13H24N2O2. The number of hydrogen-bond acceptors (Lipinski definition) is 3. The summed E-state index contributed by atoms with van der Waals surface area (Å²) in [7, 11) is 0. The fourth-order valence-electron chi connectivity index (χ4n) is 2.95. The second kappa shape index (κ2) is 5.83. The second-order valence-electron chi connectivity index (χ2n) is 5.41. The van der Waals surface area contributed by atoms with Gasteiger partial charge in [0.1, 0.15) is 0 Å². The lowest BCUT2D eigenvalue weighted by atomic mass is 9.97. The summed E-state index contributed by atoms with van der Waals surface area (Å²) >= 11 is 0. The molecule has 1 unspecified atom stereocenters. The monoisotopic (exact) mass is 240 g/mol. The Kier molecular flexibility index (Phi) is 4.40. The largest absolute Gasteiger partial charge is 0.378 e. The van der Waals surface area contributed by atoms with Gasteiger partial charge in [-0.1, -0.05) is 12.8 Å². The zero-order valence-electron chi connectivity index (χ0n) is 10.5. The lowest BCUT2D eigenvalue weighted by molar-refractivity contribution is -0.123. The number of amides is 1. The van der Waals surface area contributed by atoms with E-state index in [2.05, 4.69) is 5.32 Å². The summed E-state index contributed by atoms with van der Waals surface area (Å²) in [5.74, 6) is 0.146. The lowest BCUT2D eigenvalue weighted by Gasteiger charge is -2.28. The molecule has 0 aromatic heterocycles. The number of rotatable bonds is 5. The maximum atomic E-state index is 11.9. The number of ether oxygens (including phenoxy) is 1. The molecule has 1 heterocycles. The van der Waals surface area contributed by atoms with Crippen molar-refractivity contribution in [1.29, 1.82) is 0 Å². The van der Waals surface area contributed by atoms with E-state index in [0.29, 0.717) is 19.1 Å². The van der Waals surface area contributed by atoms with Crippen LogP contribution in [0.3, 0.4) is 0 Å². The first-order valence-electron chi connectivity index (χ1n) is 6.87. The first kappa shape index (κ1) is 12.8. The molecule has 4 nitrogen and oxygen atoms in total. The van der Waals surface area contributed by atoms with E-state index < -0.39 is 0 Å². The van der Waals surface area contributed by atoms with Crippen LogP contribution in [0.4, 0.5) is 0 Å². The smallest absolute Gasteiger partial charge is 0.220 e. The molecule has 4 heteroatoms. The van der Waals surface area contributed by atoms with Gasteiger partial charge in [-0.25, -0.2) is 0 Å². The molecule has 0 aromatic rings. The normalized spacial score (nSPS) is 27.2. The van der Waals surface area contributed by atoms with E-state index in [-0.39, 0.29) is 11.4 Å². The first-order chi connectivity index (χ1) is 8.24. The Hall–Kier alpha value is -0.610. The number of carbonyl (C=O) groups excluding carboxylic acids is 1. The van der Waals surface area contributed by atoms with Crippen molar-refractivity contribution in [3.8, 4) is 0 Å². The van der Waals surface area contributed by atoms with Gasteiger partial charge in [-0.2, -0.15) is 0 Å². The highest BCUT2D eigenvalue weighted by molar-refractivity contribution is 5.76. The highest BCUT2D eigenvalue weighted by atomic mass is 16.5. The van der Waals surface area contributed by atoms with Crippen molar-refractivity contribution in [2.75, 3.05) is 13.2 Å². The minimum atomic E-state index is -0.104. The van der Waals surface area contributed by atoms with Crippen LogP contribution in [0.1, 0.15) is 51.4 Å². The molecule has 0 bridgehead atoms. The molecule has 1 saturated heterocycles. The predicted molar refractivity (Wildman–Crippen MR) is 66.6 cm³/mol. The third kappa shape index (κ3) is 3.42. The van der Waals surface area contributed by atoms with E-state index in [0.717, 1.165) is 38.7 Å². The van der Waals surface area contributed by atoms with Gasteiger partial charge in [0.05, 0.1) is 11.6 Å². The van der Waals surface area contributed by atoms with Gasteiger partial charge >= 0.3 is 0 Å². The summed E-state index contributed by atoms with van der Waals surface area (Å²) in [5, 5.41) is 3.15. The standard InChI is InChI=1S/C13H24N2O2/c14-10-13(7-1-2-8-13)15-12(16)6-5-11-4-3-9-17-11/h11H,1-10,14H2,(H,15,16). The van der Waals surface area contributed by atoms with Crippen LogP contribution in [-0.2, 0) is 9.53 Å². The molecule has 1 amide bonds. The van der Waals surface area contributed by atoms with Gasteiger partial charge in [-0.3, -0.25) is 4.79 Å². The molecule has 3 N–H and O–H groups in total. The van der Waals surface area contributed by atoms with Crippen LogP contribution in [0.5, 0.6) is 0 Å². The molecular weight excluding hydrogens is 216 g/mol. The highest BCUT2D eigenvalue weighted by Crippen LogP contribution is 2.28. The molecule has 1 aliphatic heterocycles. The molecule has 0 radical (unpaired) electrons. The van der Waals surface area contributed by atoms with Crippen molar-refractivity contribution >= 4 is 5.91 Å². The summed E-state index contributed by atoms with van der Waals surface area (Å²) in [5.41, 5.74) is 5.69. The van der Waals surface area contributed by atoms with Crippen molar-refractivity contribution in [1.82, 2.24) is 5.32 Å². The molecule has 0 aromatic carbocycles. The Bertz CT molecular complexity index is 256. The van der Waals surface area contributed by atoms with Crippen LogP contribution in [0.15, 0.2) is 0 Å². The lowest BCUT2D eigenvalue weighted by Crippen LogP contribution is -2.51. The number of nitrogens with one attached hydrogen (secondary N) is 1. The summed E-state index contributed by atoms with van der Waals surface area (Å²) in [6, 6.07) is 0. The summed E-state index contributed by atoms with van der Waals surface area (Å²) in [6.45, 7) is 1.43. The summed E-state index contributed by atoms with van der Waals surface area (Å²) in [6.07, 6.45) is 8.42. The Morgan fingerprint density at radius 2 is 2.12 bits per heavy atom. The first-order valence-corrected chi connectivity index (χ1v) is 6.87. The number of hydrogen-bond donors (Lipinski definition) is 2. The van der Waals surface area contributed by atoms with Crippen molar-refractivity contribution in [3.05, 3.63) is 0 Å². The zero-order chi connectivity index (χ0) is 12.1. The Balaban J connectivity index is 1.72. The SMILES string of the molecule is NCC1(NC(=O)CCC2CCCO2)CCCC1. The van der Waals surface area contributed by atoms with Gasteiger partial charge < -0.3 is 15.8 Å². The van der Waals surface area contributed by atoms with Crippen molar-refractivity contribution in [3.63, 3.8) is 0 Å². The van der Waals surface area contributed by atoms with Gasteiger partial charge in [-0.05, 0) is 32.1 Å². The zero-order valence-corrected chi connectivity index (χ0v) is 10.5. The van der Waals surface area contributed by atoms with Crippen molar-refractivity contribution < 1.29 is 9.53 Å². The highest BCUT2D eigenvalue weighted by Gasteiger charge is 2.33. The average molecular weight is 240 g/mol. The van der Waals surface area contributed by atoms with Crippen molar-refractivity contribution in [2.24, 2.45) is 5.73 Å².